The van der Waals surface area contributed by atoms with Crippen LogP contribution in [0.3, 0.4) is 0 Å². The number of fused-ring (bicyclic) bond motifs is 1. The molecule has 31 heavy (non-hydrogen) atoms. The van der Waals surface area contributed by atoms with Crippen LogP contribution in [0.1, 0.15) is 42.5 Å². The summed E-state index contributed by atoms with van der Waals surface area (Å²) in [7, 11) is 0. The highest BCUT2D eigenvalue weighted by atomic mass is 79.9. The van der Waals surface area contributed by atoms with Gasteiger partial charge in [0.15, 0.2) is 0 Å². The number of aromatic nitrogens is 1. The van der Waals surface area contributed by atoms with Gasteiger partial charge in [-0.25, -0.2) is 0 Å². The molecule has 4 rings (SSSR count). The highest BCUT2D eigenvalue weighted by Crippen LogP contribution is 2.44. The molecule has 1 aliphatic heterocycles. The fourth-order valence-electron chi connectivity index (χ4n) is 3.45. The summed E-state index contributed by atoms with van der Waals surface area (Å²) in [5.41, 5.74) is 6.16. The minimum atomic E-state index is -0.621. The van der Waals surface area contributed by atoms with Gasteiger partial charge in [-0.3, -0.25) is 19.8 Å². The molecule has 0 atom stereocenters. The third-order valence-corrected chi connectivity index (χ3v) is 9.74. The Labute approximate surface area is 211 Å². The summed E-state index contributed by atoms with van der Waals surface area (Å²) in [5.74, 6) is -1.80. The fraction of sp³-hybridized carbons (Fsp3) is 0.0952. The van der Waals surface area contributed by atoms with Gasteiger partial charge in [0.2, 0.25) is 0 Å². The number of benzene rings is 2. The first kappa shape index (κ1) is 22.4. The summed E-state index contributed by atoms with van der Waals surface area (Å²) in [5, 5.41) is 0.732. The van der Waals surface area contributed by atoms with E-state index in [0.717, 1.165) is 22.1 Å². The monoisotopic (exact) mass is 671 g/mol. The van der Waals surface area contributed by atoms with Gasteiger partial charge >= 0.3 is 0 Å². The van der Waals surface area contributed by atoms with Crippen LogP contribution in [0, 0.1) is 13.8 Å². The Bertz CT molecular complexity index is 1220. The number of nitrogens with one attached hydrogen (secondary N) is 1. The van der Waals surface area contributed by atoms with E-state index in [1.165, 1.54) is 0 Å². The van der Waals surface area contributed by atoms with E-state index in [0.29, 0.717) is 23.5 Å². The van der Waals surface area contributed by atoms with Crippen LogP contribution >= 0.6 is 63.7 Å². The smallest absolute Gasteiger partial charge is 0.281 e. The number of halogens is 4. The summed E-state index contributed by atoms with van der Waals surface area (Å²) in [6, 6.07) is 11.0. The molecule has 1 N–H and O–H groups in total. The molecule has 6 nitrogen and oxygen atoms in total. The van der Waals surface area contributed by atoms with Crippen molar-refractivity contribution in [3.8, 4) is 5.69 Å². The second-order valence-corrected chi connectivity index (χ2v) is 10.1. The lowest BCUT2D eigenvalue weighted by atomic mass is 10.1. The molecule has 2 aromatic carbocycles. The lowest BCUT2D eigenvalue weighted by Gasteiger charge is -2.15. The van der Waals surface area contributed by atoms with Gasteiger partial charge in [0, 0.05) is 40.5 Å². The molecular formula is C21H13Br4N3O3. The van der Waals surface area contributed by atoms with E-state index in [9.17, 15) is 14.4 Å². The molecule has 0 spiro atoms. The molecule has 10 heteroatoms. The Morgan fingerprint density at radius 3 is 1.65 bits per heavy atom. The molecular weight excluding hydrogens is 662 g/mol. The summed E-state index contributed by atoms with van der Waals surface area (Å²) in [6.45, 7) is 4.01. The number of amides is 3. The van der Waals surface area contributed by atoms with Gasteiger partial charge in [-0.2, -0.15) is 5.01 Å². The molecule has 0 bridgehead atoms. The van der Waals surface area contributed by atoms with Crippen molar-refractivity contribution in [2.45, 2.75) is 13.8 Å². The van der Waals surface area contributed by atoms with Crippen LogP contribution in [-0.2, 0) is 0 Å². The van der Waals surface area contributed by atoms with Crippen molar-refractivity contribution in [2.75, 3.05) is 0 Å². The van der Waals surface area contributed by atoms with Crippen molar-refractivity contribution in [1.82, 2.24) is 15.0 Å². The number of rotatable bonds is 3. The topological polar surface area (TPSA) is 71.4 Å². The Kier molecular flexibility index (Phi) is 6.01. The second-order valence-electron chi connectivity index (χ2n) is 6.89. The van der Waals surface area contributed by atoms with Gasteiger partial charge in [-0.15, -0.1) is 0 Å². The first-order chi connectivity index (χ1) is 14.6. The second kappa shape index (κ2) is 8.31. The minimum absolute atomic E-state index is 0.168. The standard InChI is InChI=1S/C21H13Br4N3O3/c1-9-3-4-10(2)27(9)12-7-5-11(6-8-12)19(29)26-28-20(30)13-14(21(28)31)16(23)18(25)17(24)15(13)22/h3-8H,1-2H3,(H,26,29). The molecule has 158 valence electrons. The summed E-state index contributed by atoms with van der Waals surface area (Å²) in [6.07, 6.45) is 0. The normalized spacial score (nSPS) is 13.0. The third-order valence-electron chi connectivity index (χ3n) is 4.97. The molecule has 1 aliphatic rings. The molecule has 0 aliphatic carbocycles. The number of nitrogens with zero attached hydrogens (tertiary/aromatic N) is 2. The molecule has 0 unspecified atom stereocenters. The highest BCUT2D eigenvalue weighted by Gasteiger charge is 2.42. The summed E-state index contributed by atoms with van der Waals surface area (Å²) < 4.78 is 4.08. The minimum Gasteiger partial charge on any atom is -0.319 e. The highest BCUT2D eigenvalue weighted by molar-refractivity contribution is 9.15. The maximum absolute atomic E-state index is 12.9. The average Bonchev–Trinajstić information content (AvgIpc) is 3.21. The number of imide groups is 1. The van der Waals surface area contributed by atoms with Crippen molar-refractivity contribution in [2.24, 2.45) is 0 Å². The lowest BCUT2D eigenvalue weighted by molar-refractivity contribution is 0.0517. The zero-order valence-electron chi connectivity index (χ0n) is 16.1. The van der Waals surface area contributed by atoms with E-state index in [4.69, 9.17) is 0 Å². The van der Waals surface area contributed by atoms with Gasteiger partial charge in [-0.05, 0) is 114 Å². The Hall–Kier alpha value is -1.75. The predicted molar refractivity (Wildman–Crippen MR) is 130 cm³/mol. The number of hydrogen-bond acceptors (Lipinski definition) is 3. The number of hydrogen-bond donors (Lipinski definition) is 1. The quantitative estimate of drug-likeness (QED) is 0.208. The maximum atomic E-state index is 12.9. The fourth-order valence-corrected chi connectivity index (χ4v) is 5.91. The first-order valence-corrected chi connectivity index (χ1v) is 12.1. The average molecular weight is 675 g/mol. The predicted octanol–water partition coefficient (Wildman–Crippen LogP) is 6.09. The van der Waals surface area contributed by atoms with E-state index < -0.39 is 17.7 Å². The molecule has 3 amide bonds. The number of carbonyl (C=O) groups is 3. The molecule has 0 saturated carbocycles. The number of aryl methyl sites for hydroxylation is 2. The van der Waals surface area contributed by atoms with Crippen molar-refractivity contribution < 1.29 is 14.4 Å². The molecule has 1 aromatic heterocycles. The van der Waals surface area contributed by atoms with Gasteiger partial charge in [0.25, 0.3) is 17.7 Å². The van der Waals surface area contributed by atoms with E-state index in [2.05, 4.69) is 73.7 Å². The number of carbonyl (C=O) groups excluding carboxylic acids is 3. The lowest BCUT2D eigenvalue weighted by Crippen LogP contribution is -2.45. The van der Waals surface area contributed by atoms with Gasteiger partial charge in [0.05, 0.1) is 11.1 Å². The van der Waals surface area contributed by atoms with E-state index in [1.54, 1.807) is 12.1 Å². The van der Waals surface area contributed by atoms with Gasteiger partial charge in [-0.1, -0.05) is 0 Å². The van der Waals surface area contributed by atoms with Crippen LogP contribution < -0.4 is 5.43 Å². The Balaban J connectivity index is 1.61. The summed E-state index contributed by atoms with van der Waals surface area (Å²) in [4.78, 5) is 38.6. The molecule has 0 fully saturated rings. The van der Waals surface area contributed by atoms with Crippen molar-refractivity contribution in [1.29, 1.82) is 0 Å². The molecule has 3 aromatic rings. The molecule has 0 radical (unpaired) electrons. The van der Waals surface area contributed by atoms with E-state index >= 15 is 0 Å². The zero-order chi connectivity index (χ0) is 22.6. The van der Waals surface area contributed by atoms with Crippen LogP contribution in [0.4, 0.5) is 0 Å². The molecule has 2 heterocycles. The van der Waals surface area contributed by atoms with Gasteiger partial charge in [0.1, 0.15) is 0 Å². The summed E-state index contributed by atoms with van der Waals surface area (Å²) >= 11 is 13.5. The van der Waals surface area contributed by atoms with E-state index in [1.807, 2.05) is 38.1 Å². The third kappa shape index (κ3) is 3.63. The maximum Gasteiger partial charge on any atom is 0.281 e. The van der Waals surface area contributed by atoms with Crippen LogP contribution in [0.15, 0.2) is 54.3 Å². The first-order valence-electron chi connectivity index (χ1n) is 8.94. The largest absolute Gasteiger partial charge is 0.319 e. The molecule has 0 saturated heterocycles. The van der Waals surface area contributed by atoms with E-state index in [-0.39, 0.29) is 11.1 Å². The SMILES string of the molecule is Cc1ccc(C)n1-c1ccc(C(=O)NN2C(=O)c3c(Br)c(Br)c(Br)c(Br)c3C2=O)cc1. The zero-order valence-corrected chi connectivity index (χ0v) is 22.4. The van der Waals surface area contributed by atoms with Gasteiger partial charge < -0.3 is 4.57 Å². The van der Waals surface area contributed by atoms with Crippen LogP contribution in [-0.4, -0.2) is 27.3 Å². The van der Waals surface area contributed by atoms with Crippen molar-refractivity contribution >= 4 is 81.4 Å². The van der Waals surface area contributed by atoms with Crippen LogP contribution in [0.25, 0.3) is 5.69 Å². The van der Waals surface area contributed by atoms with Crippen LogP contribution in [0.2, 0.25) is 0 Å². The Morgan fingerprint density at radius 2 is 1.19 bits per heavy atom. The Morgan fingerprint density at radius 1 is 0.742 bits per heavy atom. The van der Waals surface area contributed by atoms with Crippen molar-refractivity contribution in [3.63, 3.8) is 0 Å². The van der Waals surface area contributed by atoms with Crippen LogP contribution in [0.5, 0.6) is 0 Å². The van der Waals surface area contributed by atoms with Crippen molar-refractivity contribution in [3.05, 3.63) is 82.4 Å². The number of hydrazine groups is 1.